The first-order valence-electron chi connectivity index (χ1n) is 5.46. The molecule has 0 unspecified atom stereocenters. The number of aromatic hydroxyl groups is 1. The van der Waals surface area contributed by atoms with Crippen LogP contribution in [0.25, 0.3) is 0 Å². The SMILES string of the molecule is Oc1ccc2c(c1)N(c1ccc(Cl)nn1)CCO2. The fraction of sp³-hybridized carbons (Fsp3) is 0.167. The van der Waals surface area contributed by atoms with Gasteiger partial charge < -0.3 is 14.7 Å². The molecule has 92 valence electrons. The summed E-state index contributed by atoms with van der Waals surface area (Å²) in [5.41, 5.74) is 0.776. The van der Waals surface area contributed by atoms with E-state index in [1.165, 1.54) is 0 Å². The molecule has 0 amide bonds. The van der Waals surface area contributed by atoms with Gasteiger partial charge in [-0.3, -0.25) is 0 Å². The van der Waals surface area contributed by atoms with Crippen molar-refractivity contribution in [2.45, 2.75) is 0 Å². The van der Waals surface area contributed by atoms with Crippen LogP contribution in [0, 0.1) is 0 Å². The summed E-state index contributed by atoms with van der Waals surface area (Å²) in [5.74, 6) is 1.58. The highest BCUT2D eigenvalue weighted by atomic mass is 35.5. The van der Waals surface area contributed by atoms with Crippen LogP contribution in [-0.2, 0) is 0 Å². The van der Waals surface area contributed by atoms with Crippen molar-refractivity contribution >= 4 is 23.1 Å². The van der Waals surface area contributed by atoms with Gasteiger partial charge >= 0.3 is 0 Å². The normalized spacial score (nSPS) is 13.9. The molecule has 0 atom stereocenters. The van der Waals surface area contributed by atoms with Crippen LogP contribution in [0.4, 0.5) is 11.5 Å². The number of benzene rings is 1. The molecular formula is C12H10ClN3O2. The number of halogens is 1. The summed E-state index contributed by atoms with van der Waals surface area (Å²) < 4.78 is 5.53. The van der Waals surface area contributed by atoms with Crippen LogP contribution >= 0.6 is 11.6 Å². The Labute approximate surface area is 109 Å². The Morgan fingerprint density at radius 3 is 2.89 bits per heavy atom. The molecule has 1 aromatic heterocycles. The summed E-state index contributed by atoms with van der Waals surface area (Å²) in [6, 6.07) is 8.44. The lowest BCUT2D eigenvalue weighted by molar-refractivity contribution is 0.312. The number of rotatable bonds is 1. The number of hydrogen-bond donors (Lipinski definition) is 1. The molecule has 0 fully saturated rings. The summed E-state index contributed by atoms with van der Waals surface area (Å²) in [7, 11) is 0. The maximum Gasteiger partial charge on any atom is 0.155 e. The maximum atomic E-state index is 9.56. The molecule has 1 N–H and O–H groups in total. The van der Waals surface area contributed by atoms with Gasteiger partial charge in [-0.2, -0.15) is 0 Å². The first-order chi connectivity index (χ1) is 8.74. The van der Waals surface area contributed by atoms with Crippen LogP contribution < -0.4 is 9.64 Å². The van der Waals surface area contributed by atoms with Crippen molar-refractivity contribution in [2.75, 3.05) is 18.1 Å². The maximum absolute atomic E-state index is 9.56. The molecule has 18 heavy (non-hydrogen) atoms. The van der Waals surface area contributed by atoms with Gasteiger partial charge in [-0.1, -0.05) is 11.6 Å². The quantitative estimate of drug-likeness (QED) is 0.856. The first kappa shape index (κ1) is 11.1. The molecule has 1 aliphatic rings. The number of hydrogen-bond acceptors (Lipinski definition) is 5. The average Bonchev–Trinajstić information content (AvgIpc) is 2.39. The van der Waals surface area contributed by atoms with Gasteiger partial charge in [0.2, 0.25) is 0 Å². The largest absolute Gasteiger partial charge is 0.508 e. The van der Waals surface area contributed by atoms with Crippen molar-refractivity contribution in [3.63, 3.8) is 0 Å². The first-order valence-corrected chi connectivity index (χ1v) is 5.84. The summed E-state index contributed by atoms with van der Waals surface area (Å²) in [4.78, 5) is 1.93. The Balaban J connectivity index is 2.05. The predicted molar refractivity (Wildman–Crippen MR) is 67.6 cm³/mol. The minimum absolute atomic E-state index is 0.186. The monoisotopic (exact) mass is 263 g/mol. The molecule has 2 heterocycles. The van der Waals surface area contributed by atoms with Crippen LogP contribution in [0.15, 0.2) is 30.3 Å². The molecule has 3 rings (SSSR count). The van der Waals surface area contributed by atoms with Crippen LogP contribution in [0.1, 0.15) is 0 Å². The second kappa shape index (κ2) is 4.34. The molecule has 2 aromatic rings. The Bertz CT molecular complexity index is 574. The molecule has 0 saturated heterocycles. The second-order valence-corrected chi connectivity index (χ2v) is 4.25. The van der Waals surface area contributed by atoms with Crippen LogP contribution in [0.5, 0.6) is 11.5 Å². The number of phenols is 1. The molecule has 5 nitrogen and oxygen atoms in total. The Morgan fingerprint density at radius 2 is 2.11 bits per heavy atom. The fourth-order valence-electron chi connectivity index (χ4n) is 1.90. The third-order valence-corrected chi connectivity index (χ3v) is 2.90. The summed E-state index contributed by atoms with van der Waals surface area (Å²) in [5, 5.41) is 17.8. The van der Waals surface area contributed by atoms with Crippen LogP contribution in [0.3, 0.4) is 0 Å². The number of anilines is 2. The highest BCUT2D eigenvalue weighted by Crippen LogP contribution is 2.37. The van der Waals surface area contributed by atoms with Gasteiger partial charge in [0.05, 0.1) is 12.2 Å². The third-order valence-electron chi connectivity index (χ3n) is 2.70. The van der Waals surface area contributed by atoms with Gasteiger partial charge in [-0.15, -0.1) is 10.2 Å². The van der Waals surface area contributed by atoms with Crippen molar-refractivity contribution in [3.8, 4) is 11.5 Å². The molecule has 0 bridgehead atoms. The number of nitrogens with zero attached hydrogens (tertiary/aromatic N) is 3. The Morgan fingerprint density at radius 1 is 1.22 bits per heavy atom. The molecule has 1 aliphatic heterocycles. The molecule has 0 radical (unpaired) electrons. The lowest BCUT2D eigenvalue weighted by Crippen LogP contribution is -2.29. The van der Waals surface area contributed by atoms with E-state index in [4.69, 9.17) is 16.3 Å². The third kappa shape index (κ3) is 1.93. The zero-order valence-electron chi connectivity index (χ0n) is 9.38. The molecule has 0 aliphatic carbocycles. The van der Waals surface area contributed by atoms with Crippen molar-refractivity contribution in [1.82, 2.24) is 10.2 Å². The summed E-state index contributed by atoms with van der Waals surface area (Å²) >= 11 is 5.72. The van der Waals surface area contributed by atoms with Gasteiger partial charge in [0, 0.05) is 6.07 Å². The minimum atomic E-state index is 0.186. The van der Waals surface area contributed by atoms with Crippen molar-refractivity contribution in [2.24, 2.45) is 0 Å². The van der Waals surface area contributed by atoms with E-state index in [-0.39, 0.29) is 5.75 Å². The highest BCUT2D eigenvalue weighted by Gasteiger charge is 2.21. The van der Waals surface area contributed by atoms with Gasteiger partial charge in [-0.05, 0) is 24.3 Å². The van der Waals surface area contributed by atoms with Crippen LogP contribution in [-0.4, -0.2) is 28.5 Å². The van der Waals surface area contributed by atoms with E-state index in [0.29, 0.717) is 24.1 Å². The van der Waals surface area contributed by atoms with Gasteiger partial charge in [-0.25, -0.2) is 0 Å². The fourth-order valence-corrected chi connectivity index (χ4v) is 2.00. The Kier molecular flexibility index (Phi) is 2.68. The van der Waals surface area contributed by atoms with E-state index in [1.807, 2.05) is 4.90 Å². The summed E-state index contributed by atoms with van der Waals surface area (Å²) in [6.45, 7) is 1.20. The van der Waals surface area contributed by atoms with E-state index >= 15 is 0 Å². The van der Waals surface area contributed by atoms with Gasteiger partial charge in [0.1, 0.15) is 18.1 Å². The Hall–Kier alpha value is -2.01. The average molecular weight is 264 g/mol. The second-order valence-electron chi connectivity index (χ2n) is 3.87. The van der Waals surface area contributed by atoms with Crippen LogP contribution in [0.2, 0.25) is 5.15 Å². The minimum Gasteiger partial charge on any atom is -0.508 e. The van der Waals surface area contributed by atoms with E-state index in [9.17, 15) is 5.11 Å². The highest BCUT2D eigenvalue weighted by molar-refractivity contribution is 6.29. The zero-order chi connectivity index (χ0) is 12.5. The van der Waals surface area contributed by atoms with E-state index in [1.54, 1.807) is 30.3 Å². The summed E-state index contributed by atoms with van der Waals surface area (Å²) in [6.07, 6.45) is 0. The van der Waals surface area contributed by atoms with Crippen molar-refractivity contribution in [1.29, 1.82) is 0 Å². The van der Waals surface area contributed by atoms with Gasteiger partial charge in [0.15, 0.2) is 11.0 Å². The molecular weight excluding hydrogens is 254 g/mol. The molecule has 0 saturated carbocycles. The zero-order valence-corrected chi connectivity index (χ0v) is 10.1. The van der Waals surface area contributed by atoms with E-state index in [0.717, 1.165) is 11.4 Å². The number of fused-ring (bicyclic) bond motifs is 1. The lowest BCUT2D eigenvalue weighted by atomic mass is 10.2. The standard InChI is InChI=1S/C12H10ClN3O2/c13-11-3-4-12(15-14-11)16-5-6-18-10-2-1-8(17)7-9(10)16/h1-4,7,17H,5-6H2. The topological polar surface area (TPSA) is 58.5 Å². The number of phenolic OH excluding ortho intramolecular Hbond substituents is 1. The number of ether oxygens (including phenoxy) is 1. The molecule has 6 heteroatoms. The smallest absolute Gasteiger partial charge is 0.155 e. The lowest BCUT2D eigenvalue weighted by Gasteiger charge is -2.29. The van der Waals surface area contributed by atoms with E-state index < -0.39 is 0 Å². The molecule has 1 aromatic carbocycles. The van der Waals surface area contributed by atoms with Crippen molar-refractivity contribution in [3.05, 3.63) is 35.5 Å². The number of aromatic nitrogens is 2. The van der Waals surface area contributed by atoms with Crippen molar-refractivity contribution < 1.29 is 9.84 Å². The molecule has 0 spiro atoms. The van der Waals surface area contributed by atoms with Gasteiger partial charge in [0.25, 0.3) is 0 Å². The predicted octanol–water partition coefficient (Wildman–Crippen LogP) is 2.37. The van der Waals surface area contributed by atoms with E-state index in [2.05, 4.69) is 10.2 Å².